The van der Waals surface area contributed by atoms with Gasteiger partial charge in [-0.05, 0) is 30.8 Å². The number of ether oxygens (including phenoxy) is 1. The van der Waals surface area contributed by atoms with Gasteiger partial charge in [0.15, 0.2) is 0 Å². The Hall–Kier alpha value is -1.85. The van der Waals surface area contributed by atoms with Crippen LogP contribution in [0.5, 0.6) is 5.75 Å². The van der Waals surface area contributed by atoms with Gasteiger partial charge in [0, 0.05) is 18.7 Å². The van der Waals surface area contributed by atoms with E-state index in [9.17, 15) is 0 Å². The zero-order chi connectivity index (χ0) is 14.5. The highest BCUT2D eigenvalue weighted by atomic mass is 32.1. The van der Waals surface area contributed by atoms with E-state index in [1.807, 2.05) is 24.3 Å². The van der Waals surface area contributed by atoms with Gasteiger partial charge in [0.1, 0.15) is 10.7 Å². The number of hydrogen-bond donors (Lipinski definition) is 1. The number of nitrogens with zero attached hydrogens (tertiary/aromatic N) is 1. The largest absolute Gasteiger partial charge is 0.496 e. The van der Waals surface area contributed by atoms with Crippen LogP contribution in [0.1, 0.15) is 16.7 Å². The van der Waals surface area contributed by atoms with Crippen molar-refractivity contribution in [3.63, 3.8) is 0 Å². The van der Waals surface area contributed by atoms with Crippen molar-refractivity contribution in [1.82, 2.24) is 4.90 Å². The van der Waals surface area contributed by atoms with Crippen LogP contribution in [0.4, 0.5) is 0 Å². The minimum Gasteiger partial charge on any atom is -0.496 e. The van der Waals surface area contributed by atoms with Crippen LogP contribution in [0, 0.1) is 0 Å². The van der Waals surface area contributed by atoms with E-state index in [4.69, 9.17) is 27.1 Å². The van der Waals surface area contributed by atoms with Crippen molar-refractivity contribution in [3.8, 4) is 5.75 Å². The maximum absolute atomic E-state index is 5.66. The van der Waals surface area contributed by atoms with Gasteiger partial charge in [-0.25, -0.2) is 0 Å². The Labute approximate surface area is 124 Å². The summed E-state index contributed by atoms with van der Waals surface area (Å²) in [6.07, 6.45) is 3.44. The molecule has 0 bridgehead atoms. The Morgan fingerprint density at radius 2 is 2.05 bits per heavy atom. The summed E-state index contributed by atoms with van der Waals surface area (Å²) in [5.41, 5.74) is 8.73. The molecule has 0 saturated heterocycles. The fourth-order valence-electron chi connectivity index (χ4n) is 2.10. The van der Waals surface area contributed by atoms with Crippen molar-refractivity contribution in [2.45, 2.75) is 13.1 Å². The van der Waals surface area contributed by atoms with Crippen LogP contribution in [-0.2, 0) is 13.1 Å². The number of benzene rings is 1. The van der Waals surface area contributed by atoms with Crippen LogP contribution >= 0.6 is 12.2 Å². The second kappa shape index (κ2) is 6.54. The Kier molecular flexibility index (Phi) is 4.76. The van der Waals surface area contributed by atoms with Gasteiger partial charge in [-0.3, -0.25) is 4.90 Å². The van der Waals surface area contributed by atoms with Crippen molar-refractivity contribution < 1.29 is 9.15 Å². The predicted molar refractivity (Wildman–Crippen MR) is 82.8 cm³/mol. The summed E-state index contributed by atoms with van der Waals surface area (Å²) in [4.78, 5) is 2.54. The topological polar surface area (TPSA) is 51.6 Å². The van der Waals surface area contributed by atoms with Crippen LogP contribution < -0.4 is 10.5 Å². The highest BCUT2D eigenvalue weighted by molar-refractivity contribution is 7.80. The number of methoxy groups -OCH3 is 1. The monoisotopic (exact) mass is 290 g/mol. The number of rotatable bonds is 6. The molecule has 2 rings (SSSR count). The van der Waals surface area contributed by atoms with Gasteiger partial charge in [0.25, 0.3) is 0 Å². The Morgan fingerprint density at radius 1 is 1.30 bits per heavy atom. The molecule has 0 aliphatic rings. The van der Waals surface area contributed by atoms with E-state index in [2.05, 4.69) is 11.9 Å². The summed E-state index contributed by atoms with van der Waals surface area (Å²) in [6.45, 7) is 1.63. The summed E-state index contributed by atoms with van der Waals surface area (Å²) < 4.78 is 10.4. The fourth-order valence-corrected chi connectivity index (χ4v) is 2.27. The van der Waals surface area contributed by atoms with Crippen LogP contribution in [0.25, 0.3) is 0 Å². The van der Waals surface area contributed by atoms with Crippen molar-refractivity contribution in [1.29, 1.82) is 0 Å². The summed E-state index contributed by atoms with van der Waals surface area (Å²) >= 11 is 5.00. The molecule has 0 radical (unpaired) electrons. The van der Waals surface area contributed by atoms with E-state index in [1.165, 1.54) is 0 Å². The second-order valence-corrected chi connectivity index (χ2v) is 5.14. The third kappa shape index (κ3) is 3.59. The molecule has 0 unspecified atom stereocenters. The van der Waals surface area contributed by atoms with Crippen molar-refractivity contribution >= 4 is 17.2 Å². The van der Waals surface area contributed by atoms with E-state index in [-0.39, 0.29) is 0 Å². The molecule has 4 nitrogen and oxygen atoms in total. The van der Waals surface area contributed by atoms with E-state index in [0.29, 0.717) is 10.7 Å². The predicted octanol–water partition coefficient (Wildman–Crippen LogP) is 2.55. The minimum absolute atomic E-state index is 0.347. The van der Waals surface area contributed by atoms with Gasteiger partial charge >= 0.3 is 0 Å². The molecule has 0 saturated carbocycles. The highest BCUT2D eigenvalue weighted by Gasteiger charge is 2.09. The lowest BCUT2D eigenvalue weighted by atomic mass is 10.1. The molecule has 1 aromatic heterocycles. The zero-order valence-corrected chi connectivity index (χ0v) is 12.4. The van der Waals surface area contributed by atoms with Gasteiger partial charge < -0.3 is 14.9 Å². The van der Waals surface area contributed by atoms with Gasteiger partial charge in [0.2, 0.25) is 0 Å². The molecule has 0 aliphatic carbocycles. The summed E-state index contributed by atoms with van der Waals surface area (Å²) in [6, 6.07) is 7.86. The van der Waals surface area contributed by atoms with Crippen LogP contribution in [0.15, 0.2) is 41.2 Å². The molecule has 0 spiro atoms. The lowest BCUT2D eigenvalue weighted by Crippen LogP contribution is -2.17. The molecule has 5 heteroatoms. The second-order valence-electron chi connectivity index (χ2n) is 4.70. The molecular formula is C15H18N2O2S. The number of furan rings is 1. The summed E-state index contributed by atoms with van der Waals surface area (Å²) in [5, 5.41) is 0. The summed E-state index contributed by atoms with van der Waals surface area (Å²) in [5.74, 6) is 0.715. The molecule has 2 N–H and O–H groups in total. The lowest BCUT2D eigenvalue weighted by Gasteiger charge is -2.17. The normalized spacial score (nSPS) is 10.8. The van der Waals surface area contributed by atoms with Gasteiger partial charge in [0.05, 0.1) is 25.2 Å². The first-order valence-corrected chi connectivity index (χ1v) is 6.67. The fraction of sp³-hybridized carbons (Fsp3) is 0.267. The number of nitrogens with two attached hydrogens (primary N) is 1. The lowest BCUT2D eigenvalue weighted by molar-refractivity contribution is 0.317. The summed E-state index contributed by atoms with van der Waals surface area (Å²) in [7, 11) is 3.68. The molecule has 0 atom stereocenters. The molecule has 2 aromatic rings. The smallest absolute Gasteiger partial charge is 0.129 e. The molecule has 0 fully saturated rings. The maximum Gasteiger partial charge on any atom is 0.129 e. The van der Waals surface area contributed by atoms with Gasteiger partial charge in [-0.2, -0.15) is 0 Å². The first-order valence-electron chi connectivity index (χ1n) is 6.26. The minimum atomic E-state index is 0.347. The Morgan fingerprint density at radius 3 is 2.65 bits per heavy atom. The van der Waals surface area contributed by atoms with Crippen molar-refractivity contribution in [2.75, 3.05) is 14.2 Å². The van der Waals surface area contributed by atoms with Crippen LogP contribution in [0.3, 0.4) is 0 Å². The molecule has 20 heavy (non-hydrogen) atoms. The van der Waals surface area contributed by atoms with E-state index < -0.39 is 0 Å². The van der Waals surface area contributed by atoms with Crippen molar-refractivity contribution in [2.24, 2.45) is 5.73 Å². The number of hydrogen-bond acceptors (Lipinski definition) is 4. The number of thiocarbonyl (C=S) groups is 1. The van der Waals surface area contributed by atoms with E-state index in [1.54, 1.807) is 19.6 Å². The first-order chi connectivity index (χ1) is 9.60. The van der Waals surface area contributed by atoms with Crippen molar-refractivity contribution in [3.05, 3.63) is 53.5 Å². The Balaban J connectivity index is 2.07. The first kappa shape index (κ1) is 14.6. The molecular weight excluding hydrogens is 272 g/mol. The molecule has 0 aliphatic heterocycles. The molecule has 0 amide bonds. The average Bonchev–Trinajstić information content (AvgIpc) is 2.90. The van der Waals surface area contributed by atoms with E-state index >= 15 is 0 Å². The van der Waals surface area contributed by atoms with Gasteiger partial charge in [-0.15, -0.1) is 0 Å². The maximum atomic E-state index is 5.66. The quantitative estimate of drug-likeness (QED) is 0.829. The zero-order valence-electron chi connectivity index (χ0n) is 11.6. The third-order valence-corrected chi connectivity index (χ3v) is 3.24. The third-order valence-electron chi connectivity index (χ3n) is 3.02. The highest BCUT2D eigenvalue weighted by Crippen LogP contribution is 2.21. The Bertz CT molecular complexity index is 582. The average molecular weight is 290 g/mol. The molecule has 1 heterocycles. The molecule has 106 valence electrons. The van der Waals surface area contributed by atoms with E-state index in [0.717, 1.165) is 29.8 Å². The molecule has 1 aromatic carbocycles. The van der Waals surface area contributed by atoms with Crippen LogP contribution in [0.2, 0.25) is 0 Å². The SMILES string of the molecule is COc1cc(CN(C)Cc2ccoc2)ccc1C(N)=S. The van der Waals surface area contributed by atoms with Gasteiger partial charge in [-0.1, -0.05) is 18.3 Å². The standard InChI is InChI=1S/C15H18N2O2S/c1-17(9-12-5-6-19-10-12)8-11-3-4-13(15(16)20)14(7-11)18-2/h3-7,10H,8-9H2,1-2H3,(H2,16,20). The van der Waals surface area contributed by atoms with Crippen LogP contribution in [-0.4, -0.2) is 24.0 Å².